The van der Waals surface area contributed by atoms with E-state index < -0.39 is 11.9 Å². The number of Topliss-reactive ketones (excluding diaryl/α,β-unsaturated/α-hetero) is 1. The number of likely N-dealkylation sites (N-methyl/N-ethyl adjacent to an activating group) is 1. The fourth-order valence-corrected chi connectivity index (χ4v) is 4.84. The molecule has 1 aliphatic rings. The van der Waals surface area contributed by atoms with Gasteiger partial charge >= 0.3 is 0 Å². The Labute approximate surface area is 251 Å². The van der Waals surface area contributed by atoms with Gasteiger partial charge in [0.2, 0.25) is 5.91 Å². The van der Waals surface area contributed by atoms with E-state index in [-0.39, 0.29) is 24.7 Å². The third kappa shape index (κ3) is 9.08. The number of aromatic nitrogens is 1. The Balaban J connectivity index is 1.30. The van der Waals surface area contributed by atoms with Crippen molar-refractivity contribution in [1.82, 2.24) is 21.2 Å². The molecular weight excluding hydrogens is 546 g/mol. The molecule has 1 aliphatic carbocycles. The SMILES string of the molecule is CNC(CCC(=O)NNC(=O)COc1cccc2c1CCC=C2CCON=C(c1ccccc1)c1cccnc1)C(C)=O. The number of fused-ring (bicyclic) bond motifs is 1. The molecular formula is C33H37N5O5. The zero-order valence-electron chi connectivity index (χ0n) is 24.5. The van der Waals surface area contributed by atoms with Gasteiger partial charge < -0.3 is 14.9 Å². The van der Waals surface area contributed by atoms with Gasteiger partial charge in [-0.15, -0.1) is 0 Å². The predicted octanol–water partition coefficient (Wildman–Crippen LogP) is 3.75. The molecule has 3 N–H and O–H groups in total. The Bertz CT molecular complexity index is 1420. The number of amides is 2. The van der Waals surface area contributed by atoms with Crippen LogP contribution in [0.2, 0.25) is 0 Å². The fraction of sp³-hybridized carbons (Fsp3) is 0.303. The first-order valence-electron chi connectivity index (χ1n) is 14.3. The highest BCUT2D eigenvalue weighted by molar-refractivity contribution is 6.12. The van der Waals surface area contributed by atoms with Gasteiger partial charge in [-0.1, -0.05) is 53.7 Å². The van der Waals surface area contributed by atoms with Gasteiger partial charge in [-0.3, -0.25) is 30.2 Å². The Kier molecular flexibility index (Phi) is 11.6. The Morgan fingerprint density at radius 3 is 2.51 bits per heavy atom. The van der Waals surface area contributed by atoms with Crippen LogP contribution in [-0.2, 0) is 25.6 Å². The number of hydrogen-bond donors (Lipinski definition) is 3. The number of pyridine rings is 1. The topological polar surface area (TPSA) is 131 Å². The van der Waals surface area contributed by atoms with Crippen LogP contribution in [0.5, 0.6) is 5.75 Å². The molecule has 0 fully saturated rings. The van der Waals surface area contributed by atoms with Gasteiger partial charge in [-0.05, 0) is 62.6 Å². The van der Waals surface area contributed by atoms with E-state index in [4.69, 9.17) is 9.57 Å². The summed E-state index contributed by atoms with van der Waals surface area (Å²) in [4.78, 5) is 45.9. The van der Waals surface area contributed by atoms with Crippen LogP contribution >= 0.6 is 0 Å². The summed E-state index contributed by atoms with van der Waals surface area (Å²) in [5.74, 6) is -0.284. The molecule has 10 heteroatoms. The summed E-state index contributed by atoms with van der Waals surface area (Å²) < 4.78 is 5.84. The van der Waals surface area contributed by atoms with E-state index in [1.54, 1.807) is 19.4 Å². The molecule has 224 valence electrons. The van der Waals surface area contributed by atoms with Crippen LogP contribution in [0.1, 0.15) is 54.9 Å². The van der Waals surface area contributed by atoms with Crippen molar-refractivity contribution < 1.29 is 24.0 Å². The van der Waals surface area contributed by atoms with Gasteiger partial charge in [0.1, 0.15) is 23.9 Å². The minimum atomic E-state index is -0.483. The van der Waals surface area contributed by atoms with E-state index in [1.165, 1.54) is 6.92 Å². The lowest BCUT2D eigenvalue weighted by atomic mass is 9.89. The van der Waals surface area contributed by atoms with Gasteiger partial charge in [-0.25, -0.2) is 0 Å². The molecule has 1 atom stereocenters. The smallest absolute Gasteiger partial charge is 0.276 e. The van der Waals surface area contributed by atoms with Crippen LogP contribution in [0.4, 0.5) is 0 Å². The molecule has 43 heavy (non-hydrogen) atoms. The van der Waals surface area contributed by atoms with Crippen LogP contribution in [0.15, 0.2) is 84.3 Å². The van der Waals surface area contributed by atoms with Crippen molar-refractivity contribution in [3.8, 4) is 5.75 Å². The second kappa shape index (κ2) is 16.0. The molecule has 0 saturated carbocycles. The van der Waals surface area contributed by atoms with E-state index in [9.17, 15) is 14.4 Å². The van der Waals surface area contributed by atoms with Crippen LogP contribution in [-0.4, -0.2) is 54.6 Å². The van der Waals surface area contributed by atoms with Crippen molar-refractivity contribution in [2.45, 2.75) is 45.1 Å². The summed E-state index contributed by atoms with van der Waals surface area (Å²) in [6.45, 7) is 1.60. The van der Waals surface area contributed by atoms with Crippen LogP contribution in [0, 0.1) is 0 Å². The zero-order chi connectivity index (χ0) is 30.4. The van der Waals surface area contributed by atoms with Gasteiger partial charge in [0, 0.05) is 41.9 Å². The fourth-order valence-electron chi connectivity index (χ4n) is 4.84. The maximum atomic E-state index is 12.3. The first-order valence-corrected chi connectivity index (χ1v) is 14.3. The molecule has 1 heterocycles. The molecule has 3 aromatic rings. The average molecular weight is 584 g/mol. The summed E-state index contributed by atoms with van der Waals surface area (Å²) in [6.07, 6.45) is 8.40. The number of nitrogens with one attached hydrogen (secondary N) is 3. The molecule has 1 aromatic heterocycles. The van der Waals surface area contributed by atoms with Crippen molar-refractivity contribution in [3.05, 3.63) is 101 Å². The molecule has 1 unspecified atom stereocenters. The summed E-state index contributed by atoms with van der Waals surface area (Å²) in [5.41, 5.74) is 10.5. The lowest BCUT2D eigenvalue weighted by molar-refractivity contribution is -0.130. The monoisotopic (exact) mass is 583 g/mol. The first-order chi connectivity index (χ1) is 21.0. The number of carbonyl (C=O) groups excluding carboxylic acids is 3. The van der Waals surface area contributed by atoms with E-state index in [0.717, 1.165) is 46.4 Å². The lowest BCUT2D eigenvalue weighted by Gasteiger charge is -2.21. The summed E-state index contributed by atoms with van der Waals surface area (Å²) in [6, 6.07) is 19.1. The van der Waals surface area contributed by atoms with Gasteiger partial charge in [0.05, 0.1) is 6.04 Å². The predicted molar refractivity (Wildman–Crippen MR) is 164 cm³/mol. The molecule has 4 rings (SSSR count). The molecule has 10 nitrogen and oxygen atoms in total. The zero-order valence-corrected chi connectivity index (χ0v) is 24.5. The second-order valence-electron chi connectivity index (χ2n) is 10.1. The van der Waals surface area contributed by atoms with Crippen molar-refractivity contribution in [2.24, 2.45) is 5.16 Å². The van der Waals surface area contributed by atoms with Crippen LogP contribution in [0.25, 0.3) is 5.57 Å². The number of ether oxygens (including phenoxy) is 1. The molecule has 0 bridgehead atoms. The summed E-state index contributed by atoms with van der Waals surface area (Å²) >= 11 is 0. The quantitative estimate of drug-likeness (QED) is 0.150. The number of rotatable bonds is 14. The van der Waals surface area contributed by atoms with Gasteiger partial charge in [0.25, 0.3) is 5.91 Å². The standard InChI is InChI=1S/C33H37N5O5/c1-23(39)29(34-2)16-17-31(40)36-37-32(41)22-42-30-15-7-13-27-24(11-6-14-28(27)30)18-20-43-38-33(25-9-4-3-5-10-25)26-12-8-19-35-21-26/h3-5,7-13,15,19,21,29,34H,6,14,16-18,20,22H2,1-2H3,(H,36,40)(H,37,41). The van der Waals surface area contributed by atoms with E-state index in [2.05, 4.69) is 32.4 Å². The first kappa shape index (κ1) is 31.1. The third-order valence-corrected chi connectivity index (χ3v) is 7.06. The Hall–Kier alpha value is -4.83. The Morgan fingerprint density at radius 2 is 1.77 bits per heavy atom. The number of benzene rings is 2. The third-order valence-electron chi connectivity index (χ3n) is 7.06. The minimum Gasteiger partial charge on any atom is -0.483 e. The highest BCUT2D eigenvalue weighted by atomic mass is 16.6. The normalized spacial score (nSPS) is 13.3. The average Bonchev–Trinajstić information content (AvgIpc) is 3.03. The van der Waals surface area contributed by atoms with E-state index in [1.807, 2.05) is 60.7 Å². The number of ketones is 1. The number of allylic oxidation sites excluding steroid dienone is 1. The molecule has 0 spiro atoms. The molecule has 2 aromatic carbocycles. The number of nitrogens with zero attached hydrogens (tertiary/aromatic N) is 2. The highest BCUT2D eigenvalue weighted by Gasteiger charge is 2.18. The number of hydrazine groups is 1. The number of oxime groups is 1. The molecule has 0 aliphatic heterocycles. The lowest BCUT2D eigenvalue weighted by Crippen LogP contribution is -2.44. The van der Waals surface area contributed by atoms with E-state index >= 15 is 0 Å². The second-order valence-corrected chi connectivity index (χ2v) is 10.1. The number of carbonyl (C=O) groups is 3. The molecule has 0 radical (unpaired) electrons. The van der Waals surface area contributed by atoms with Crippen molar-refractivity contribution in [1.29, 1.82) is 0 Å². The largest absolute Gasteiger partial charge is 0.483 e. The maximum absolute atomic E-state index is 12.3. The van der Waals surface area contributed by atoms with Gasteiger partial charge in [0.15, 0.2) is 6.61 Å². The van der Waals surface area contributed by atoms with Crippen LogP contribution in [0.3, 0.4) is 0 Å². The summed E-state index contributed by atoms with van der Waals surface area (Å²) in [5, 5.41) is 7.33. The van der Waals surface area contributed by atoms with Gasteiger partial charge in [-0.2, -0.15) is 0 Å². The van der Waals surface area contributed by atoms with Crippen molar-refractivity contribution in [3.63, 3.8) is 0 Å². The van der Waals surface area contributed by atoms with Crippen LogP contribution < -0.4 is 20.9 Å². The van der Waals surface area contributed by atoms with Crippen molar-refractivity contribution >= 4 is 28.9 Å². The maximum Gasteiger partial charge on any atom is 0.276 e. The molecule has 2 amide bonds. The highest BCUT2D eigenvalue weighted by Crippen LogP contribution is 2.34. The van der Waals surface area contributed by atoms with E-state index in [0.29, 0.717) is 25.2 Å². The summed E-state index contributed by atoms with van der Waals surface area (Å²) in [7, 11) is 1.67. The number of hydrogen-bond acceptors (Lipinski definition) is 8. The minimum absolute atomic E-state index is 0.0454. The Morgan fingerprint density at radius 1 is 0.977 bits per heavy atom. The van der Waals surface area contributed by atoms with Crippen molar-refractivity contribution in [2.75, 3.05) is 20.3 Å². The molecule has 0 saturated heterocycles.